The van der Waals surface area contributed by atoms with Crippen LogP contribution < -0.4 is 0 Å². The van der Waals surface area contributed by atoms with E-state index in [4.69, 9.17) is 5.11 Å². The highest BCUT2D eigenvalue weighted by atomic mass is 32.1. The number of aromatic carboxylic acids is 1. The molecule has 0 saturated carbocycles. The van der Waals surface area contributed by atoms with E-state index in [9.17, 15) is 4.79 Å². The number of carboxylic acids is 1. The van der Waals surface area contributed by atoms with Gasteiger partial charge in [0.25, 0.3) is 0 Å². The summed E-state index contributed by atoms with van der Waals surface area (Å²) >= 11 is 3.83. The second kappa shape index (κ2) is 2.87. The van der Waals surface area contributed by atoms with Crippen LogP contribution in [0.4, 0.5) is 0 Å². The SMILES string of the molecule is Cc1cnc(S)c(C(=O)O)n1. The fourth-order valence-electron chi connectivity index (χ4n) is 0.614. The average Bonchev–Trinajstić information content (AvgIpc) is 1.94. The van der Waals surface area contributed by atoms with Gasteiger partial charge in [0.2, 0.25) is 0 Å². The first kappa shape index (κ1) is 8.00. The van der Waals surface area contributed by atoms with E-state index in [1.54, 1.807) is 6.92 Å². The largest absolute Gasteiger partial charge is 0.476 e. The minimum atomic E-state index is -1.11. The van der Waals surface area contributed by atoms with Crippen LogP contribution in [0, 0.1) is 6.92 Å². The van der Waals surface area contributed by atoms with Crippen LogP contribution in [-0.2, 0) is 0 Å². The summed E-state index contributed by atoms with van der Waals surface area (Å²) in [5.74, 6) is -1.11. The van der Waals surface area contributed by atoms with Crippen molar-refractivity contribution in [2.24, 2.45) is 0 Å². The second-order valence-corrected chi connectivity index (χ2v) is 2.41. The molecule has 1 N–H and O–H groups in total. The molecule has 0 aliphatic rings. The number of hydrogen-bond acceptors (Lipinski definition) is 4. The van der Waals surface area contributed by atoms with E-state index in [0.29, 0.717) is 5.69 Å². The molecular formula is C6H6N2O2S. The number of aromatic nitrogens is 2. The molecule has 5 heteroatoms. The third-order valence-electron chi connectivity index (χ3n) is 1.08. The van der Waals surface area contributed by atoms with Gasteiger partial charge in [0.1, 0.15) is 5.03 Å². The predicted octanol–water partition coefficient (Wildman–Crippen LogP) is 0.772. The molecule has 1 heterocycles. The van der Waals surface area contributed by atoms with Gasteiger partial charge in [0, 0.05) is 6.20 Å². The molecule has 0 bridgehead atoms. The second-order valence-electron chi connectivity index (χ2n) is 1.99. The summed E-state index contributed by atoms with van der Waals surface area (Å²) in [5.41, 5.74) is 0.466. The van der Waals surface area contributed by atoms with Gasteiger partial charge in [0.15, 0.2) is 5.69 Å². The molecule has 0 fully saturated rings. The Morgan fingerprint density at radius 1 is 1.73 bits per heavy atom. The van der Waals surface area contributed by atoms with Crippen molar-refractivity contribution in [2.75, 3.05) is 0 Å². The van der Waals surface area contributed by atoms with Crippen molar-refractivity contribution in [1.29, 1.82) is 0 Å². The number of hydrogen-bond donors (Lipinski definition) is 2. The maximum atomic E-state index is 10.4. The summed E-state index contributed by atoms with van der Waals surface area (Å²) < 4.78 is 0. The quantitative estimate of drug-likeness (QED) is 0.611. The molecule has 0 atom stereocenters. The van der Waals surface area contributed by atoms with Crippen LogP contribution in [0.25, 0.3) is 0 Å². The summed E-state index contributed by atoms with van der Waals surface area (Å²) in [6, 6.07) is 0. The van der Waals surface area contributed by atoms with Gasteiger partial charge in [-0.3, -0.25) is 0 Å². The van der Waals surface area contributed by atoms with E-state index in [2.05, 4.69) is 22.6 Å². The van der Waals surface area contributed by atoms with Crippen LogP contribution in [0.5, 0.6) is 0 Å². The number of rotatable bonds is 1. The van der Waals surface area contributed by atoms with Crippen LogP contribution in [0.2, 0.25) is 0 Å². The Kier molecular flexibility index (Phi) is 2.09. The molecule has 58 valence electrons. The smallest absolute Gasteiger partial charge is 0.357 e. The van der Waals surface area contributed by atoms with Crippen molar-refractivity contribution < 1.29 is 9.90 Å². The molecule has 0 radical (unpaired) electrons. The summed E-state index contributed by atoms with van der Waals surface area (Å²) in [6.07, 6.45) is 1.47. The van der Waals surface area contributed by atoms with Crippen LogP contribution in [0.3, 0.4) is 0 Å². The Hall–Kier alpha value is -1.10. The lowest BCUT2D eigenvalue weighted by Gasteiger charge is -1.97. The van der Waals surface area contributed by atoms with Gasteiger partial charge in [-0.15, -0.1) is 12.6 Å². The van der Waals surface area contributed by atoms with Crippen LogP contribution >= 0.6 is 12.6 Å². The highest BCUT2D eigenvalue weighted by Crippen LogP contribution is 2.07. The average molecular weight is 170 g/mol. The first-order chi connectivity index (χ1) is 5.11. The Balaban J connectivity index is 3.23. The highest BCUT2D eigenvalue weighted by molar-refractivity contribution is 7.80. The molecule has 1 aromatic rings. The van der Waals surface area contributed by atoms with E-state index in [1.165, 1.54) is 6.20 Å². The van der Waals surface area contributed by atoms with Crippen LogP contribution in [-0.4, -0.2) is 21.0 Å². The molecule has 1 rings (SSSR count). The molecule has 0 aliphatic carbocycles. The Labute approximate surface area is 68.7 Å². The Morgan fingerprint density at radius 2 is 2.36 bits per heavy atom. The lowest BCUT2D eigenvalue weighted by Crippen LogP contribution is -2.04. The summed E-state index contributed by atoms with van der Waals surface area (Å²) in [5, 5.41) is 8.68. The number of thiol groups is 1. The number of carbonyl (C=O) groups is 1. The van der Waals surface area contributed by atoms with Gasteiger partial charge in [-0.05, 0) is 6.92 Å². The molecule has 0 saturated heterocycles. The van der Waals surface area contributed by atoms with Crippen molar-refractivity contribution in [1.82, 2.24) is 9.97 Å². The van der Waals surface area contributed by atoms with E-state index >= 15 is 0 Å². The molecular weight excluding hydrogens is 164 g/mol. The molecule has 0 unspecified atom stereocenters. The maximum Gasteiger partial charge on any atom is 0.357 e. The third kappa shape index (κ3) is 1.68. The summed E-state index contributed by atoms with van der Waals surface area (Å²) in [6.45, 7) is 1.67. The van der Waals surface area contributed by atoms with Gasteiger partial charge in [-0.1, -0.05) is 0 Å². The van der Waals surface area contributed by atoms with E-state index in [-0.39, 0.29) is 10.7 Å². The van der Waals surface area contributed by atoms with Gasteiger partial charge >= 0.3 is 5.97 Å². The number of aryl methyl sites for hydroxylation is 1. The van der Waals surface area contributed by atoms with Crippen molar-refractivity contribution >= 4 is 18.6 Å². The van der Waals surface area contributed by atoms with Gasteiger partial charge in [-0.2, -0.15) is 0 Å². The number of nitrogens with zero attached hydrogens (tertiary/aromatic N) is 2. The fraction of sp³-hybridized carbons (Fsp3) is 0.167. The standard InChI is InChI=1S/C6H6N2O2S/c1-3-2-7-5(11)4(8-3)6(9)10/h2H,1H3,(H,7,11)(H,9,10). The fourth-order valence-corrected chi connectivity index (χ4v) is 0.818. The molecule has 1 aromatic heterocycles. The van der Waals surface area contributed by atoms with E-state index in [1.807, 2.05) is 0 Å². The van der Waals surface area contributed by atoms with Crippen molar-refractivity contribution in [3.63, 3.8) is 0 Å². The highest BCUT2D eigenvalue weighted by Gasteiger charge is 2.09. The topological polar surface area (TPSA) is 63.1 Å². The number of carboxylic acid groups (broad SMARTS) is 1. The zero-order chi connectivity index (χ0) is 8.43. The third-order valence-corrected chi connectivity index (χ3v) is 1.40. The zero-order valence-corrected chi connectivity index (χ0v) is 6.67. The minimum Gasteiger partial charge on any atom is -0.476 e. The molecule has 4 nitrogen and oxygen atoms in total. The zero-order valence-electron chi connectivity index (χ0n) is 5.77. The Morgan fingerprint density at radius 3 is 2.82 bits per heavy atom. The first-order valence-electron chi connectivity index (χ1n) is 2.87. The van der Waals surface area contributed by atoms with Gasteiger partial charge < -0.3 is 5.11 Å². The van der Waals surface area contributed by atoms with Crippen LogP contribution in [0.15, 0.2) is 11.2 Å². The minimum absolute atomic E-state index is 0.103. The lowest BCUT2D eigenvalue weighted by molar-refractivity contribution is 0.0685. The van der Waals surface area contributed by atoms with E-state index < -0.39 is 5.97 Å². The van der Waals surface area contributed by atoms with Crippen molar-refractivity contribution in [2.45, 2.75) is 11.9 Å². The Bertz CT molecular complexity index is 301. The maximum absolute atomic E-state index is 10.4. The first-order valence-corrected chi connectivity index (χ1v) is 3.32. The molecule has 0 spiro atoms. The molecule has 0 aromatic carbocycles. The molecule has 0 aliphatic heterocycles. The monoisotopic (exact) mass is 170 g/mol. The van der Waals surface area contributed by atoms with Gasteiger partial charge in [-0.25, -0.2) is 14.8 Å². The molecule has 11 heavy (non-hydrogen) atoms. The summed E-state index contributed by atoms with van der Waals surface area (Å²) in [7, 11) is 0. The summed E-state index contributed by atoms with van der Waals surface area (Å²) in [4.78, 5) is 17.9. The molecule has 0 amide bonds. The van der Waals surface area contributed by atoms with Crippen molar-refractivity contribution in [3.8, 4) is 0 Å². The van der Waals surface area contributed by atoms with Crippen molar-refractivity contribution in [3.05, 3.63) is 17.6 Å². The van der Waals surface area contributed by atoms with E-state index in [0.717, 1.165) is 0 Å². The normalized spacial score (nSPS) is 9.64. The lowest BCUT2D eigenvalue weighted by atomic mass is 10.4. The van der Waals surface area contributed by atoms with Crippen LogP contribution in [0.1, 0.15) is 16.2 Å². The van der Waals surface area contributed by atoms with Gasteiger partial charge in [0.05, 0.1) is 5.69 Å². The predicted molar refractivity (Wildman–Crippen MR) is 41.0 cm³/mol.